The molecule has 230 valence electrons. The Kier molecular flexibility index (Phi) is 8.63. The number of aryl methyl sites for hydroxylation is 2. The molecule has 4 aromatic carbocycles. The maximum atomic E-state index is 12.0. The third kappa shape index (κ3) is 5.20. The second-order valence-corrected chi connectivity index (χ2v) is 12.1. The first-order valence-electron chi connectivity index (χ1n) is 13.7. The third-order valence-electron chi connectivity index (χ3n) is 7.63. The summed E-state index contributed by atoms with van der Waals surface area (Å²) in [6.07, 6.45) is 2.32. The molecule has 4 aromatic rings. The standard InChI is InChI=1S/C32H34N4O6S2/c1-11(2)19-15-7-13(5)21(27(39)23(15)17(9-35-31(33)43)25(37)29(19)41)22-14(6)8-16-20(12(3)4)30(42)26(38)18(10-36-32(34)44)24(16)28(22)40/h7-12,37-42H,1-6H3,(H2,33,43)(H2,34,44)/b35-9+,36-10+. The molecule has 10 nitrogen and oxygen atoms in total. The van der Waals surface area contributed by atoms with Gasteiger partial charge in [-0.1, -0.05) is 39.8 Å². The van der Waals surface area contributed by atoms with Crippen molar-refractivity contribution in [1.29, 1.82) is 0 Å². The Morgan fingerprint density at radius 2 is 0.932 bits per heavy atom. The van der Waals surface area contributed by atoms with E-state index < -0.39 is 11.5 Å². The zero-order valence-electron chi connectivity index (χ0n) is 25.0. The van der Waals surface area contributed by atoms with Crippen LogP contribution < -0.4 is 11.5 Å². The second-order valence-electron chi connectivity index (χ2n) is 11.2. The molecule has 0 aliphatic rings. The topological polar surface area (TPSA) is 198 Å². The van der Waals surface area contributed by atoms with Crippen LogP contribution in [0.1, 0.15) is 72.9 Å². The first-order chi connectivity index (χ1) is 20.5. The zero-order valence-corrected chi connectivity index (χ0v) is 26.6. The van der Waals surface area contributed by atoms with E-state index in [1.807, 2.05) is 27.7 Å². The minimum Gasteiger partial charge on any atom is -0.507 e. The molecule has 0 amide bonds. The van der Waals surface area contributed by atoms with E-state index in [-0.39, 0.29) is 78.1 Å². The molecule has 0 radical (unpaired) electrons. The molecule has 12 heteroatoms. The van der Waals surface area contributed by atoms with E-state index >= 15 is 0 Å². The van der Waals surface area contributed by atoms with Crippen molar-refractivity contribution in [3.05, 3.63) is 45.5 Å². The molecule has 0 atom stereocenters. The fourth-order valence-corrected chi connectivity index (χ4v) is 5.99. The van der Waals surface area contributed by atoms with E-state index in [0.29, 0.717) is 33.0 Å². The Morgan fingerprint density at radius 3 is 1.20 bits per heavy atom. The van der Waals surface area contributed by atoms with Crippen LogP contribution in [-0.4, -0.2) is 53.3 Å². The molecule has 0 aliphatic heterocycles. The summed E-state index contributed by atoms with van der Waals surface area (Å²) in [5, 5.41) is 68.7. The number of benzene rings is 4. The van der Waals surface area contributed by atoms with Gasteiger partial charge in [0.05, 0.1) is 11.1 Å². The lowest BCUT2D eigenvalue weighted by molar-refractivity contribution is 0.398. The van der Waals surface area contributed by atoms with E-state index in [2.05, 4.69) is 9.98 Å². The van der Waals surface area contributed by atoms with Crippen molar-refractivity contribution in [2.24, 2.45) is 21.5 Å². The number of fused-ring (bicyclic) bond motifs is 2. The zero-order chi connectivity index (χ0) is 32.9. The molecule has 4 rings (SSSR count). The summed E-state index contributed by atoms with van der Waals surface area (Å²) >= 11 is 9.74. The highest BCUT2D eigenvalue weighted by Crippen LogP contribution is 2.54. The quantitative estimate of drug-likeness (QED) is 0.0723. The van der Waals surface area contributed by atoms with Gasteiger partial charge in [-0.15, -0.1) is 0 Å². The van der Waals surface area contributed by atoms with Crippen LogP contribution in [-0.2, 0) is 0 Å². The van der Waals surface area contributed by atoms with Crippen LogP contribution in [0.25, 0.3) is 32.7 Å². The highest BCUT2D eigenvalue weighted by Gasteiger charge is 2.29. The molecule has 10 N–H and O–H groups in total. The molecular formula is C32H34N4O6S2. The molecule has 0 fully saturated rings. The Labute approximate surface area is 264 Å². The first-order valence-corrected chi connectivity index (χ1v) is 14.5. The largest absolute Gasteiger partial charge is 0.507 e. The van der Waals surface area contributed by atoms with Gasteiger partial charge in [-0.3, -0.25) is 0 Å². The van der Waals surface area contributed by atoms with Gasteiger partial charge in [-0.2, -0.15) is 0 Å². The SMILES string of the molecule is Cc1cc2c(C(C)C)c(O)c(O)c(/C=N/C(N)=S)c2c(O)c1-c1c(C)cc2c(C(C)C)c(O)c(O)c(/C=N/C(N)=S)c2c1O. The molecule has 0 unspecified atom stereocenters. The Hall–Kier alpha value is -4.68. The van der Waals surface area contributed by atoms with Gasteiger partial charge in [0, 0.05) is 45.5 Å². The Bertz CT molecular complexity index is 1820. The highest BCUT2D eigenvalue weighted by atomic mass is 32.1. The van der Waals surface area contributed by atoms with Crippen LogP contribution in [0.2, 0.25) is 0 Å². The number of hydrogen-bond donors (Lipinski definition) is 8. The average Bonchev–Trinajstić information content (AvgIpc) is 2.90. The number of aliphatic imine (C=N–C) groups is 2. The predicted octanol–water partition coefficient (Wildman–Crippen LogP) is 6.08. The van der Waals surface area contributed by atoms with Gasteiger partial charge in [-0.05, 0) is 72.0 Å². The molecule has 0 spiro atoms. The number of phenolic OH excluding ortho intramolecular Hbond substituents is 6. The summed E-state index contributed by atoms with van der Waals surface area (Å²) in [7, 11) is 0. The minimum absolute atomic E-state index is 0.0275. The van der Waals surface area contributed by atoms with E-state index in [0.717, 1.165) is 12.4 Å². The van der Waals surface area contributed by atoms with Gasteiger partial charge in [0.2, 0.25) is 0 Å². The highest BCUT2D eigenvalue weighted by molar-refractivity contribution is 7.80. The normalized spacial score (nSPS) is 12.1. The lowest BCUT2D eigenvalue weighted by atomic mass is 9.83. The third-order valence-corrected chi connectivity index (χ3v) is 7.84. The van der Waals surface area contributed by atoms with Gasteiger partial charge in [0.1, 0.15) is 11.5 Å². The van der Waals surface area contributed by atoms with Crippen LogP contribution >= 0.6 is 24.4 Å². The van der Waals surface area contributed by atoms with E-state index in [9.17, 15) is 30.6 Å². The van der Waals surface area contributed by atoms with Crippen LogP contribution in [0.3, 0.4) is 0 Å². The number of thiocarbonyl (C=S) groups is 2. The number of aromatic hydroxyl groups is 6. The van der Waals surface area contributed by atoms with E-state index in [1.54, 1.807) is 26.0 Å². The van der Waals surface area contributed by atoms with Crippen molar-refractivity contribution in [3.8, 4) is 45.6 Å². The maximum Gasteiger partial charge on any atom is 0.190 e. The summed E-state index contributed by atoms with van der Waals surface area (Å²) in [5.74, 6) is -2.93. The van der Waals surface area contributed by atoms with Gasteiger partial charge in [0.25, 0.3) is 0 Å². The van der Waals surface area contributed by atoms with Gasteiger partial charge in [0.15, 0.2) is 33.2 Å². The predicted molar refractivity (Wildman–Crippen MR) is 183 cm³/mol. The molecule has 0 aliphatic carbocycles. The number of phenols is 6. The maximum absolute atomic E-state index is 12.0. The molecule has 0 saturated carbocycles. The summed E-state index contributed by atoms with van der Waals surface area (Å²) in [5.41, 5.74) is 13.4. The van der Waals surface area contributed by atoms with Gasteiger partial charge in [-0.25, -0.2) is 9.98 Å². The lowest BCUT2D eigenvalue weighted by Crippen LogP contribution is -2.05. The molecular weight excluding hydrogens is 601 g/mol. The van der Waals surface area contributed by atoms with Crippen LogP contribution in [0.4, 0.5) is 0 Å². The second kappa shape index (κ2) is 11.8. The van der Waals surface area contributed by atoms with Crippen LogP contribution in [0.5, 0.6) is 34.5 Å². The van der Waals surface area contributed by atoms with Crippen molar-refractivity contribution < 1.29 is 30.6 Å². The summed E-state index contributed by atoms with van der Waals surface area (Å²) in [4.78, 5) is 7.84. The van der Waals surface area contributed by atoms with Crippen molar-refractivity contribution in [3.63, 3.8) is 0 Å². The van der Waals surface area contributed by atoms with E-state index in [1.165, 1.54) is 0 Å². The van der Waals surface area contributed by atoms with Gasteiger partial charge >= 0.3 is 0 Å². The number of nitrogens with zero attached hydrogens (tertiary/aromatic N) is 2. The molecule has 0 heterocycles. The fourth-order valence-electron chi connectivity index (χ4n) is 5.88. The average molecular weight is 635 g/mol. The summed E-state index contributed by atoms with van der Waals surface area (Å²) in [6.45, 7) is 10.8. The monoisotopic (exact) mass is 634 g/mol. The van der Waals surface area contributed by atoms with Crippen molar-refractivity contribution in [2.45, 2.75) is 53.4 Å². The molecule has 0 bridgehead atoms. The van der Waals surface area contributed by atoms with Crippen molar-refractivity contribution in [2.75, 3.05) is 0 Å². The van der Waals surface area contributed by atoms with E-state index in [4.69, 9.17) is 35.9 Å². The number of hydrogen-bond acceptors (Lipinski definition) is 8. The smallest absolute Gasteiger partial charge is 0.190 e. The van der Waals surface area contributed by atoms with Crippen molar-refractivity contribution >= 4 is 68.6 Å². The van der Waals surface area contributed by atoms with Crippen molar-refractivity contribution in [1.82, 2.24) is 0 Å². The fraction of sp³-hybridized carbons (Fsp3) is 0.250. The Morgan fingerprint density at radius 1 is 0.614 bits per heavy atom. The summed E-state index contributed by atoms with van der Waals surface area (Å²) in [6, 6.07) is 3.48. The molecule has 0 saturated heterocycles. The Balaban J connectivity index is 2.29. The summed E-state index contributed by atoms with van der Waals surface area (Å²) < 4.78 is 0. The van der Waals surface area contributed by atoms with Gasteiger partial charge < -0.3 is 42.1 Å². The number of nitrogens with two attached hydrogens (primary N) is 2. The van der Waals surface area contributed by atoms with Crippen LogP contribution in [0, 0.1) is 13.8 Å². The first kappa shape index (κ1) is 32.2. The minimum atomic E-state index is -0.524. The number of rotatable bonds is 5. The lowest BCUT2D eigenvalue weighted by Gasteiger charge is -2.23. The van der Waals surface area contributed by atoms with Crippen LogP contribution in [0.15, 0.2) is 22.1 Å². The molecule has 0 aromatic heterocycles. The molecule has 44 heavy (non-hydrogen) atoms.